The zero-order chi connectivity index (χ0) is 8.97. The molecule has 0 saturated heterocycles. The number of hydrogen-bond acceptors (Lipinski definition) is 5. The molecule has 0 unspecified atom stereocenters. The minimum atomic E-state index is -0.899. The highest BCUT2D eigenvalue weighted by Gasteiger charge is 2.05. The Bertz CT molecular complexity index is 275. The number of nitrogens with one attached hydrogen (secondary N) is 1. The molecule has 0 amide bonds. The number of aromatic nitrogens is 3. The maximum Gasteiger partial charge on any atom is 0.313 e. The van der Waals surface area contributed by atoms with E-state index in [-0.39, 0.29) is 11.8 Å². The smallest absolute Gasteiger partial charge is 0.313 e. The summed E-state index contributed by atoms with van der Waals surface area (Å²) in [6.07, 6.45) is 0. The molecule has 1 heterocycles. The molecule has 12 heavy (non-hydrogen) atoms. The molecular weight excluding hydrogens is 182 g/mol. The summed E-state index contributed by atoms with van der Waals surface area (Å²) in [6, 6.07) is 0.280. The van der Waals surface area contributed by atoms with Gasteiger partial charge in [-0.3, -0.25) is 4.79 Å². The lowest BCUT2D eigenvalue weighted by molar-refractivity contribution is -0.133. The van der Waals surface area contributed by atoms with Crippen LogP contribution in [0.15, 0.2) is 5.16 Å². The van der Waals surface area contributed by atoms with E-state index in [1.54, 1.807) is 0 Å². The Hall–Kier alpha value is -1.24. The fourth-order valence-electron chi connectivity index (χ4n) is 0.515. The monoisotopic (exact) mass is 189 g/mol. The van der Waals surface area contributed by atoms with Crippen LogP contribution < -0.4 is 4.74 Å². The number of aliphatic carboxylic acids is 1. The highest BCUT2D eigenvalue weighted by atomic mass is 32.2. The standard InChI is InChI=1S/C5H7N3O3S/c1-11-4-6-5(8-7-4)12-2-3(9)10/h2H2,1H3,(H,9,10)(H,6,7,8). The fourth-order valence-corrected chi connectivity index (χ4v) is 1.02. The maximum absolute atomic E-state index is 10.1. The minimum absolute atomic E-state index is 0.0546. The third kappa shape index (κ3) is 2.42. The molecule has 0 saturated carbocycles. The van der Waals surface area contributed by atoms with Gasteiger partial charge in [0.25, 0.3) is 0 Å². The Morgan fingerprint density at radius 3 is 3.08 bits per heavy atom. The molecule has 0 atom stereocenters. The summed E-state index contributed by atoms with van der Waals surface area (Å²) in [5, 5.41) is 14.9. The zero-order valence-electron chi connectivity index (χ0n) is 6.27. The maximum atomic E-state index is 10.1. The van der Waals surface area contributed by atoms with Crippen LogP contribution in [0.25, 0.3) is 0 Å². The van der Waals surface area contributed by atoms with Gasteiger partial charge in [0.2, 0.25) is 5.16 Å². The second-order valence-electron chi connectivity index (χ2n) is 1.81. The summed E-state index contributed by atoms with van der Waals surface area (Å²) in [6.45, 7) is 0. The largest absolute Gasteiger partial charge is 0.481 e. The van der Waals surface area contributed by atoms with Crippen LogP contribution in [0, 0.1) is 0 Å². The fraction of sp³-hybridized carbons (Fsp3) is 0.400. The first-order valence-electron chi connectivity index (χ1n) is 3.03. The van der Waals surface area contributed by atoms with Gasteiger partial charge in [0, 0.05) is 0 Å². The molecule has 0 fully saturated rings. The van der Waals surface area contributed by atoms with Crippen molar-refractivity contribution in [1.29, 1.82) is 0 Å². The van der Waals surface area contributed by atoms with Crippen molar-refractivity contribution in [3.8, 4) is 6.01 Å². The lowest BCUT2D eigenvalue weighted by Gasteiger charge is -1.88. The van der Waals surface area contributed by atoms with E-state index in [1.165, 1.54) is 7.11 Å². The van der Waals surface area contributed by atoms with Gasteiger partial charge in [0.15, 0.2) is 0 Å². The average Bonchev–Trinajstić information content (AvgIpc) is 2.48. The molecule has 6 nitrogen and oxygen atoms in total. The molecule has 0 aliphatic carbocycles. The summed E-state index contributed by atoms with van der Waals surface area (Å²) in [4.78, 5) is 13.9. The number of aromatic amines is 1. The Labute approximate surface area is 72.3 Å². The van der Waals surface area contributed by atoms with Crippen molar-refractivity contribution in [2.45, 2.75) is 5.16 Å². The second-order valence-corrected chi connectivity index (χ2v) is 2.75. The van der Waals surface area contributed by atoms with Gasteiger partial charge in [0.1, 0.15) is 0 Å². The Morgan fingerprint density at radius 2 is 2.58 bits per heavy atom. The van der Waals surface area contributed by atoms with Gasteiger partial charge < -0.3 is 9.84 Å². The first-order valence-corrected chi connectivity index (χ1v) is 4.02. The summed E-state index contributed by atoms with van der Waals surface area (Å²) >= 11 is 1.03. The molecule has 1 aromatic rings. The first kappa shape index (κ1) is 8.85. The molecule has 66 valence electrons. The second kappa shape index (κ2) is 3.96. The first-order chi connectivity index (χ1) is 5.72. The zero-order valence-corrected chi connectivity index (χ0v) is 7.09. The number of H-pyrrole nitrogens is 1. The van der Waals surface area contributed by atoms with Gasteiger partial charge in [-0.05, 0) is 0 Å². The van der Waals surface area contributed by atoms with Gasteiger partial charge in [-0.2, -0.15) is 4.98 Å². The van der Waals surface area contributed by atoms with Crippen molar-refractivity contribution in [1.82, 2.24) is 15.2 Å². The van der Waals surface area contributed by atoms with E-state index in [0.29, 0.717) is 5.16 Å². The number of thioether (sulfide) groups is 1. The number of carbonyl (C=O) groups is 1. The molecule has 0 aliphatic heterocycles. The summed E-state index contributed by atoms with van der Waals surface area (Å²) < 4.78 is 4.71. The van der Waals surface area contributed by atoms with Gasteiger partial charge in [-0.1, -0.05) is 11.8 Å². The van der Waals surface area contributed by atoms with Crippen LogP contribution in [-0.2, 0) is 4.79 Å². The van der Waals surface area contributed by atoms with Gasteiger partial charge in [0.05, 0.1) is 12.9 Å². The molecule has 7 heteroatoms. The number of ether oxygens (including phenoxy) is 1. The van der Waals surface area contributed by atoms with Crippen molar-refractivity contribution in [3.63, 3.8) is 0 Å². The van der Waals surface area contributed by atoms with E-state index in [4.69, 9.17) is 9.84 Å². The van der Waals surface area contributed by atoms with Gasteiger partial charge in [-0.25, -0.2) is 5.10 Å². The van der Waals surface area contributed by atoms with Crippen molar-refractivity contribution in [3.05, 3.63) is 0 Å². The molecule has 0 radical (unpaired) electrons. The Morgan fingerprint density at radius 1 is 1.83 bits per heavy atom. The predicted octanol–water partition coefficient (Wildman–Crippen LogP) is -0.0100. The van der Waals surface area contributed by atoms with Gasteiger partial charge >= 0.3 is 12.0 Å². The lowest BCUT2D eigenvalue weighted by Crippen LogP contribution is -1.97. The topological polar surface area (TPSA) is 88.1 Å². The number of carboxylic acid groups (broad SMARTS) is 1. The van der Waals surface area contributed by atoms with Crippen LogP contribution >= 0.6 is 11.8 Å². The molecule has 0 bridgehead atoms. The van der Waals surface area contributed by atoms with Crippen LogP contribution in [0.2, 0.25) is 0 Å². The SMILES string of the molecule is COc1nc(SCC(=O)O)n[nH]1. The van der Waals surface area contributed by atoms with E-state index in [9.17, 15) is 4.79 Å². The van der Waals surface area contributed by atoms with Crippen LogP contribution in [0.3, 0.4) is 0 Å². The quantitative estimate of drug-likeness (QED) is 0.647. The third-order valence-corrected chi connectivity index (χ3v) is 1.79. The lowest BCUT2D eigenvalue weighted by atomic mass is 10.8. The summed E-state index contributed by atoms with van der Waals surface area (Å²) in [5.74, 6) is -0.954. The highest BCUT2D eigenvalue weighted by Crippen LogP contribution is 2.13. The van der Waals surface area contributed by atoms with Crippen LogP contribution in [0.1, 0.15) is 0 Å². The minimum Gasteiger partial charge on any atom is -0.481 e. The molecule has 0 aliphatic rings. The van der Waals surface area contributed by atoms with E-state index in [1.807, 2.05) is 0 Å². The number of nitrogens with zero attached hydrogens (tertiary/aromatic N) is 2. The van der Waals surface area contributed by atoms with Gasteiger partial charge in [-0.15, -0.1) is 5.10 Å². The average molecular weight is 189 g/mol. The molecule has 1 rings (SSSR count). The van der Waals surface area contributed by atoms with E-state index in [0.717, 1.165) is 11.8 Å². The van der Waals surface area contributed by atoms with Crippen molar-refractivity contribution < 1.29 is 14.6 Å². The molecule has 0 aromatic carbocycles. The highest BCUT2D eigenvalue weighted by molar-refractivity contribution is 7.99. The molecule has 1 aromatic heterocycles. The van der Waals surface area contributed by atoms with Crippen molar-refractivity contribution in [2.24, 2.45) is 0 Å². The molecule has 2 N–H and O–H groups in total. The van der Waals surface area contributed by atoms with E-state index >= 15 is 0 Å². The van der Waals surface area contributed by atoms with E-state index < -0.39 is 5.97 Å². The normalized spacial score (nSPS) is 9.75. The van der Waals surface area contributed by atoms with Crippen molar-refractivity contribution in [2.75, 3.05) is 12.9 Å². The predicted molar refractivity (Wildman–Crippen MR) is 41.3 cm³/mol. The number of methoxy groups -OCH3 is 1. The third-order valence-electron chi connectivity index (χ3n) is 0.962. The van der Waals surface area contributed by atoms with Crippen LogP contribution in [0.5, 0.6) is 6.01 Å². The van der Waals surface area contributed by atoms with Crippen LogP contribution in [-0.4, -0.2) is 39.1 Å². The van der Waals surface area contributed by atoms with Crippen LogP contribution in [0.4, 0.5) is 0 Å². The van der Waals surface area contributed by atoms with E-state index in [2.05, 4.69) is 15.2 Å². The molecular formula is C5H7N3O3S. The molecule has 0 spiro atoms. The number of hydrogen-bond donors (Lipinski definition) is 2. The van der Waals surface area contributed by atoms with Crippen molar-refractivity contribution >= 4 is 17.7 Å². The Kier molecular flexibility index (Phi) is 2.92. The summed E-state index contributed by atoms with van der Waals surface area (Å²) in [5.41, 5.74) is 0. The summed E-state index contributed by atoms with van der Waals surface area (Å²) in [7, 11) is 1.45. The Balaban J connectivity index is 2.47. The number of carboxylic acids is 1. The number of rotatable bonds is 4.